The van der Waals surface area contributed by atoms with Gasteiger partial charge < -0.3 is 0 Å². The molecule has 4 nitrogen and oxygen atoms in total. The van der Waals surface area contributed by atoms with Crippen molar-refractivity contribution in [2.75, 3.05) is 0 Å². The second kappa shape index (κ2) is 6.31. The van der Waals surface area contributed by atoms with Gasteiger partial charge in [0, 0.05) is 10.6 Å². The van der Waals surface area contributed by atoms with Gasteiger partial charge in [-0.05, 0) is 36.4 Å². The summed E-state index contributed by atoms with van der Waals surface area (Å²) in [6.45, 7) is 0. The van der Waals surface area contributed by atoms with Gasteiger partial charge in [0.25, 0.3) is 5.91 Å². The van der Waals surface area contributed by atoms with E-state index in [1.54, 1.807) is 24.3 Å². The van der Waals surface area contributed by atoms with E-state index in [0.717, 1.165) is 10.6 Å². The van der Waals surface area contributed by atoms with E-state index >= 15 is 0 Å². The molecule has 0 saturated carbocycles. The van der Waals surface area contributed by atoms with E-state index in [2.05, 4.69) is 4.98 Å². The zero-order valence-electron chi connectivity index (χ0n) is 9.97. The summed E-state index contributed by atoms with van der Waals surface area (Å²) in [5.41, 5.74) is 3.08. The van der Waals surface area contributed by atoms with E-state index in [1.165, 1.54) is 23.9 Å². The summed E-state index contributed by atoms with van der Waals surface area (Å²) in [4.78, 5) is 16.5. The average molecular weight is 277 g/mol. The van der Waals surface area contributed by atoms with Crippen LogP contribution < -0.4 is 11.3 Å². The largest absolute Gasteiger partial charge is 0.289 e. The third kappa shape index (κ3) is 3.77. The zero-order chi connectivity index (χ0) is 13.7. The number of pyridine rings is 1. The number of nitrogen functional groups attached to an aromatic ring is 1. The molecule has 0 spiro atoms. The third-order valence-electron chi connectivity index (χ3n) is 2.37. The topological polar surface area (TPSA) is 68.0 Å². The Morgan fingerprint density at radius 2 is 2.00 bits per heavy atom. The number of hydrogen-bond acceptors (Lipinski definition) is 4. The van der Waals surface area contributed by atoms with Crippen LogP contribution in [-0.4, -0.2) is 10.9 Å². The second-order valence-electron chi connectivity index (χ2n) is 3.73. The number of carbonyl (C=O) groups is 1. The Balaban J connectivity index is 2.03. The summed E-state index contributed by atoms with van der Waals surface area (Å²) >= 11 is 1.52. The number of hydrazine groups is 1. The third-order valence-corrected chi connectivity index (χ3v) is 3.42. The first-order valence-electron chi connectivity index (χ1n) is 5.54. The molecule has 0 aliphatic rings. The molecular weight excluding hydrogens is 265 g/mol. The number of nitrogens with two attached hydrogens (primary N) is 1. The highest BCUT2D eigenvalue weighted by Crippen LogP contribution is 2.22. The number of nitrogens with one attached hydrogen (secondary N) is 1. The highest BCUT2D eigenvalue weighted by Gasteiger charge is 2.06. The number of hydrogen-bond donors (Lipinski definition) is 2. The molecule has 1 amide bonds. The van der Waals surface area contributed by atoms with Gasteiger partial charge in [-0.25, -0.2) is 15.2 Å². The molecule has 0 fully saturated rings. The standard InChI is InChI=1S/C13H12FN3OS/c14-9-4-6-11(7-5-9)19-8-10-2-1-3-12(16-10)13(18)17-15/h1-7H,8,15H2,(H,17,18). The number of nitrogens with zero attached hydrogens (tertiary/aromatic N) is 1. The number of thioether (sulfide) groups is 1. The van der Waals surface area contributed by atoms with E-state index in [-0.39, 0.29) is 11.5 Å². The Hall–Kier alpha value is -1.92. The van der Waals surface area contributed by atoms with Gasteiger partial charge in [-0.15, -0.1) is 11.8 Å². The first-order valence-corrected chi connectivity index (χ1v) is 6.53. The highest BCUT2D eigenvalue weighted by atomic mass is 32.2. The van der Waals surface area contributed by atoms with Crippen LogP contribution in [0.2, 0.25) is 0 Å². The summed E-state index contributed by atoms with van der Waals surface area (Å²) in [5.74, 6) is 4.96. The fraction of sp³-hybridized carbons (Fsp3) is 0.0769. The number of benzene rings is 1. The molecule has 1 aromatic heterocycles. The molecule has 0 unspecified atom stereocenters. The number of amides is 1. The molecule has 6 heteroatoms. The molecule has 1 aromatic carbocycles. The van der Waals surface area contributed by atoms with Gasteiger partial charge in [-0.2, -0.15) is 0 Å². The summed E-state index contributed by atoms with van der Waals surface area (Å²) in [6.07, 6.45) is 0. The lowest BCUT2D eigenvalue weighted by atomic mass is 10.3. The minimum absolute atomic E-state index is 0.260. The fourth-order valence-corrected chi connectivity index (χ4v) is 2.25. The average Bonchev–Trinajstić information content (AvgIpc) is 2.46. The minimum atomic E-state index is -0.423. The van der Waals surface area contributed by atoms with Gasteiger partial charge in [0.1, 0.15) is 11.5 Å². The van der Waals surface area contributed by atoms with Crippen LogP contribution in [0, 0.1) is 5.82 Å². The fourth-order valence-electron chi connectivity index (χ4n) is 1.45. The van der Waals surface area contributed by atoms with Crippen LogP contribution in [0.25, 0.3) is 0 Å². The van der Waals surface area contributed by atoms with Crippen LogP contribution in [0.4, 0.5) is 4.39 Å². The van der Waals surface area contributed by atoms with Crippen molar-refractivity contribution in [2.24, 2.45) is 5.84 Å². The van der Waals surface area contributed by atoms with Crippen LogP contribution in [0.5, 0.6) is 0 Å². The lowest BCUT2D eigenvalue weighted by molar-refractivity contribution is 0.0948. The lowest BCUT2D eigenvalue weighted by Crippen LogP contribution is -2.30. The van der Waals surface area contributed by atoms with E-state index in [1.807, 2.05) is 11.5 Å². The van der Waals surface area contributed by atoms with Crippen molar-refractivity contribution >= 4 is 17.7 Å². The molecule has 0 radical (unpaired) electrons. The quantitative estimate of drug-likeness (QED) is 0.389. The first kappa shape index (κ1) is 13.5. The molecule has 3 N–H and O–H groups in total. The number of rotatable bonds is 4. The van der Waals surface area contributed by atoms with Crippen molar-refractivity contribution in [1.29, 1.82) is 0 Å². The Morgan fingerprint density at radius 3 is 2.68 bits per heavy atom. The Labute approximate surface area is 114 Å². The van der Waals surface area contributed by atoms with Gasteiger partial charge in [-0.1, -0.05) is 6.07 Å². The molecule has 0 bridgehead atoms. The minimum Gasteiger partial charge on any atom is -0.289 e. The summed E-state index contributed by atoms with van der Waals surface area (Å²) in [7, 11) is 0. The number of halogens is 1. The van der Waals surface area contributed by atoms with Crippen LogP contribution in [-0.2, 0) is 5.75 Å². The van der Waals surface area contributed by atoms with Crippen molar-refractivity contribution in [3.05, 3.63) is 59.7 Å². The Morgan fingerprint density at radius 1 is 1.26 bits per heavy atom. The summed E-state index contributed by atoms with van der Waals surface area (Å²) < 4.78 is 12.8. The molecule has 0 aliphatic heterocycles. The predicted molar refractivity (Wildman–Crippen MR) is 71.9 cm³/mol. The normalized spacial score (nSPS) is 10.2. The highest BCUT2D eigenvalue weighted by molar-refractivity contribution is 7.98. The van der Waals surface area contributed by atoms with Gasteiger partial charge in [0.15, 0.2) is 0 Å². The molecule has 0 atom stereocenters. The van der Waals surface area contributed by atoms with Gasteiger partial charge in [-0.3, -0.25) is 10.2 Å². The predicted octanol–water partition coefficient (Wildman–Crippen LogP) is 2.12. The van der Waals surface area contributed by atoms with Crippen molar-refractivity contribution in [3.63, 3.8) is 0 Å². The number of aromatic nitrogens is 1. The monoisotopic (exact) mass is 277 g/mol. The van der Waals surface area contributed by atoms with Gasteiger partial charge >= 0.3 is 0 Å². The van der Waals surface area contributed by atoms with Crippen LogP contribution in [0.3, 0.4) is 0 Å². The van der Waals surface area contributed by atoms with Gasteiger partial charge in [0.05, 0.1) is 5.69 Å². The second-order valence-corrected chi connectivity index (χ2v) is 4.78. The molecule has 1 heterocycles. The molecule has 19 heavy (non-hydrogen) atoms. The molecule has 2 aromatic rings. The summed E-state index contributed by atoms with van der Waals surface area (Å²) in [6, 6.07) is 11.4. The van der Waals surface area contributed by atoms with Gasteiger partial charge in [0.2, 0.25) is 0 Å². The lowest BCUT2D eigenvalue weighted by Gasteiger charge is -2.04. The molecule has 0 aliphatic carbocycles. The van der Waals surface area contributed by atoms with Crippen molar-refractivity contribution in [1.82, 2.24) is 10.4 Å². The van der Waals surface area contributed by atoms with E-state index in [0.29, 0.717) is 5.75 Å². The smallest absolute Gasteiger partial charge is 0.283 e. The van der Waals surface area contributed by atoms with E-state index in [4.69, 9.17) is 5.84 Å². The zero-order valence-corrected chi connectivity index (χ0v) is 10.8. The van der Waals surface area contributed by atoms with Crippen molar-refractivity contribution in [3.8, 4) is 0 Å². The maximum Gasteiger partial charge on any atom is 0.283 e. The molecule has 2 rings (SSSR count). The number of carbonyl (C=O) groups excluding carboxylic acids is 1. The Bertz CT molecular complexity index is 574. The maximum absolute atomic E-state index is 12.8. The SMILES string of the molecule is NNC(=O)c1cccc(CSc2ccc(F)cc2)n1. The van der Waals surface area contributed by atoms with Crippen LogP contribution in [0.15, 0.2) is 47.4 Å². The maximum atomic E-state index is 12.8. The molecule has 0 saturated heterocycles. The van der Waals surface area contributed by atoms with Crippen LogP contribution in [0.1, 0.15) is 16.2 Å². The molecule has 98 valence electrons. The Kier molecular flexibility index (Phi) is 4.48. The van der Waals surface area contributed by atoms with Crippen molar-refractivity contribution < 1.29 is 9.18 Å². The van der Waals surface area contributed by atoms with Crippen LogP contribution >= 0.6 is 11.8 Å². The van der Waals surface area contributed by atoms with Crippen molar-refractivity contribution in [2.45, 2.75) is 10.6 Å². The first-order chi connectivity index (χ1) is 9.19. The summed E-state index contributed by atoms with van der Waals surface area (Å²) in [5, 5.41) is 0. The van der Waals surface area contributed by atoms with E-state index in [9.17, 15) is 9.18 Å². The van der Waals surface area contributed by atoms with E-state index < -0.39 is 5.91 Å². The molecular formula is C13H12FN3OS.